The fourth-order valence-corrected chi connectivity index (χ4v) is 2.68. The third kappa shape index (κ3) is 5.11. The van der Waals surface area contributed by atoms with Crippen molar-refractivity contribution in [1.29, 1.82) is 0 Å². The molecule has 0 aromatic heterocycles. The molecule has 5 nitrogen and oxygen atoms in total. The van der Waals surface area contributed by atoms with Gasteiger partial charge in [-0.15, -0.1) is 0 Å². The van der Waals surface area contributed by atoms with Crippen molar-refractivity contribution in [1.82, 2.24) is 0 Å². The molecule has 0 aliphatic heterocycles. The SMILES string of the molecule is Cc1c(Cl)cccc1NC(=O)c1ccc(OCC(=O)Nc2ccccc2)cc1. The molecule has 0 aliphatic carbocycles. The third-order valence-electron chi connectivity index (χ3n) is 4.06. The summed E-state index contributed by atoms with van der Waals surface area (Å²) in [6.07, 6.45) is 0. The van der Waals surface area contributed by atoms with Crippen LogP contribution >= 0.6 is 11.6 Å². The molecule has 0 heterocycles. The number of halogens is 1. The fraction of sp³-hybridized carbons (Fsp3) is 0.0909. The van der Waals surface area contributed by atoms with Crippen molar-refractivity contribution in [3.05, 3.63) is 88.9 Å². The summed E-state index contributed by atoms with van der Waals surface area (Å²) in [7, 11) is 0. The van der Waals surface area contributed by atoms with E-state index in [0.717, 1.165) is 5.56 Å². The van der Waals surface area contributed by atoms with Crippen molar-refractivity contribution in [3.8, 4) is 5.75 Å². The molecule has 0 unspecified atom stereocenters. The fourth-order valence-electron chi connectivity index (χ4n) is 2.51. The van der Waals surface area contributed by atoms with E-state index in [1.165, 1.54) is 0 Å². The summed E-state index contributed by atoms with van der Waals surface area (Å²) in [5, 5.41) is 6.17. The number of hydrogen-bond acceptors (Lipinski definition) is 3. The van der Waals surface area contributed by atoms with E-state index in [0.29, 0.717) is 27.7 Å². The van der Waals surface area contributed by atoms with Crippen LogP contribution in [0.1, 0.15) is 15.9 Å². The minimum Gasteiger partial charge on any atom is -0.484 e. The van der Waals surface area contributed by atoms with E-state index >= 15 is 0 Å². The molecule has 142 valence electrons. The van der Waals surface area contributed by atoms with Gasteiger partial charge in [0, 0.05) is 22.0 Å². The van der Waals surface area contributed by atoms with Crippen LogP contribution in [-0.4, -0.2) is 18.4 Å². The smallest absolute Gasteiger partial charge is 0.262 e. The third-order valence-corrected chi connectivity index (χ3v) is 4.47. The highest BCUT2D eigenvalue weighted by Gasteiger charge is 2.10. The summed E-state index contributed by atoms with van der Waals surface area (Å²) in [6.45, 7) is 1.72. The second-order valence-corrected chi connectivity index (χ2v) is 6.50. The van der Waals surface area contributed by atoms with Gasteiger partial charge in [0.05, 0.1) is 0 Å². The molecule has 3 aromatic rings. The first-order valence-electron chi connectivity index (χ1n) is 8.67. The molecule has 0 atom stereocenters. The Morgan fingerprint density at radius 1 is 0.893 bits per heavy atom. The van der Waals surface area contributed by atoms with Gasteiger partial charge < -0.3 is 15.4 Å². The van der Waals surface area contributed by atoms with Crippen molar-refractivity contribution in [3.63, 3.8) is 0 Å². The lowest BCUT2D eigenvalue weighted by atomic mass is 10.1. The molecule has 3 aromatic carbocycles. The van der Waals surface area contributed by atoms with Gasteiger partial charge in [-0.3, -0.25) is 9.59 Å². The van der Waals surface area contributed by atoms with Crippen LogP contribution in [0.5, 0.6) is 5.75 Å². The molecule has 28 heavy (non-hydrogen) atoms. The van der Waals surface area contributed by atoms with Crippen LogP contribution < -0.4 is 15.4 Å². The number of carbonyl (C=O) groups excluding carboxylic acids is 2. The van der Waals surface area contributed by atoms with Crippen LogP contribution in [0.25, 0.3) is 0 Å². The van der Waals surface area contributed by atoms with Crippen molar-refractivity contribution >= 4 is 34.8 Å². The maximum Gasteiger partial charge on any atom is 0.262 e. The zero-order valence-electron chi connectivity index (χ0n) is 15.2. The van der Waals surface area contributed by atoms with Gasteiger partial charge in [-0.1, -0.05) is 35.9 Å². The van der Waals surface area contributed by atoms with Crippen LogP contribution in [-0.2, 0) is 4.79 Å². The lowest BCUT2D eigenvalue weighted by Gasteiger charge is -2.10. The summed E-state index contributed by atoms with van der Waals surface area (Å²) in [6, 6.07) is 21.1. The van der Waals surface area contributed by atoms with Crippen molar-refractivity contribution < 1.29 is 14.3 Å². The van der Waals surface area contributed by atoms with E-state index in [4.69, 9.17) is 16.3 Å². The number of ether oxygens (including phenoxy) is 1. The number of carbonyl (C=O) groups is 2. The molecular formula is C22H19ClN2O3. The number of rotatable bonds is 6. The van der Waals surface area contributed by atoms with Gasteiger partial charge in [0.15, 0.2) is 6.61 Å². The first kappa shape index (κ1) is 19.5. The van der Waals surface area contributed by atoms with Crippen LogP contribution in [0.4, 0.5) is 11.4 Å². The number of anilines is 2. The van der Waals surface area contributed by atoms with Crippen LogP contribution in [0.3, 0.4) is 0 Å². The molecule has 0 saturated carbocycles. The predicted molar refractivity (Wildman–Crippen MR) is 111 cm³/mol. The Balaban J connectivity index is 1.55. The van der Waals surface area contributed by atoms with Gasteiger partial charge in [-0.2, -0.15) is 0 Å². The first-order valence-corrected chi connectivity index (χ1v) is 9.05. The lowest BCUT2D eigenvalue weighted by molar-refractivity contribution is -0.118. The van der Waals surface area contributed by atoms with Crippen LogP contribution in [0.15, 0.2) is 72.8 Å². The maximum atomic E-state index is 12.4. The molecule has 2 amide bonds. The number of para-hydroxylation sites is 1. The summed E-state index contributed by atoms with van der Waals surface area (Å²) in [5.74, 6) is -0.0121. The maximum absolute atomic E-state index is 12.4. The molecule has 0 bridgehead atoms. The quantitative estimate of drug-likeness (QED) is 0.623. The topological polar surface area (TPSA) is 67.4 Å². The molecule has 6 heteroatoms. The average Bonchev–Trinajstić information content (AvgIpc) is 2.71. The summed E-state index contributed by atoms with van der Waals surface area (Å²) in [5.41, 5.74) is 2.65. The van der Waals surface area contributed by atoms with Gasteiger partial charge in [0.25, 0.3) is 11.8 Å². The summed E-state index contributed by atoms with van der Waals surface area (Å²) < 4.78 is 5.47. The number of nitrogens with one attached hydrogen (secondary N) is 2. The Labute approximate surface area is 168 Å². The number of amides is 2. The summed E-state index contributed by atoms with van der Waals surface area (Å²) >= 11 is 6.07. The van der Waals surface area contributed by atoms with Crippen molar-refractivity contribution in [2.75, 3.05) is 17.2 Å². The summed E-state index contributed by atoms with van der Waals surface area (Å²) in [4.78, 5) is 24.3. The zero-order chi connectivity index (χ0) is 19.9. The van der Waals surface area contributed by atoms with Gasteiger partial charge in [-0.25, -0.2) is 0 Å². The minimum absolute atomic E-state index is 0.123. The van der Waals surface area contributed by atoms with E-state index in [1.807, 2.05) is 25.1 Å². The van der Waals surface area contributed by atoms with E-state index in [-0.39, 0.29) is 18.4 Å². The molecule has 3 rings (SSSR count). The predicted octanol–water partition coefficient (Wildman–Crippen LogP) is 4.92. The Morgan fingerprint density at radius 3 is 2.32 bits per heavy atom. The van der Waals surface area contributed by atoms with Crippen LogP contribution in [0.2, 0.25) is 5.02 Å². The normalized spacial score (nSPS) is 10.2. The minimum atomic E-state index is -0.260. The Kier molecular flexibility index (Phi) is 6.29. The highest BCUT2D eigenvalue weighted by atomic mass is 35.5. The van der Waals surface area contributed by atoms with Crippen LogP contribution in [0, 0.1) is 6.92 Å². The van der Waals surface area contributed by atoms with Gasteiger partial charge in [-0.05, 0) is 61.0 Å². The second-order valence-electron chi connectivity index (χ2n) is 6.09. The molecule has 0 radical (unpaired) electrons. The molecule has 0 saturated heterocycles. The van der Waals surface area contributed by atoms with Gasteiger partial charge >= 0.3 is 0 Å². The van der Waals surface area contributed by atoms with E-state index < -0.39 is 0 Å². The Bertz CT molecular complexity index is 973. The lowest BCUT2D eigenvalue weighted by Crippen LogP contribution is -2.20. The van der Waals surface area contributed by atoms with Crippen molar-refractivity contribution in [2.24, 2.45) is 0 Å². The van der Waals surface area contributed by atoms with E-state index in [9.17, 15) is 9.59 Å². The number of hydrogen-bond donors (Lipinski definition) is 2. The average molecular weight is 395 g/mol. The molecule has 2 N–H and O–H groups in total. The Hall–Kier alpha value is -3.31. The highest BCUT2D eigenvalue weighted by Crippen LogP contribution is 2.23. The molecule has 0 aliphatic rings. The highest BCUT2D eigenvalue weighted by molar-refractivity contribution is 6.31. The molecule has 0 spiro atoms. The molecule has 0 fully saturated rings. The van der Waals surface area contributed by atoms with Crippen molar-refractivity contribution in [2.45, 2.75) is 6.92 Å². The van der Waals surface area contributed by atoms with Gasteiger partial charge in [0.2, 0.25) is 0 Å². The first-order chi connectivity index (χ1) is 13.5. The second kappa shape index (κ2) is 9.06. The zero-order valence-corrected chi connectivity index (χ0v) is 16.0. The Morgan fingerprint density at radius 2 is 1.61 bits per heavy atom. The standard InChI is InChI=1S/C22H19ClN2O3/c1-15-19(23)8-5-9-20(15)25-22(27)16-10-12-18(13-11-16)28-14-21(26)24-17-6-3-2-4-7-17/h2-13H,14H2,1H3,(H,24,26)(H,25,27). The van der Waals surface area contributed by atoms with Gasteiger partial charge in [0.1, 0.15) is 5.75 Å². The monoisotopic (exact) mass is 394 g/mol. The number of benzene rings is 3. The largest absolute Gasteiger partial charge is 0.484 e. The van der Waals surface area contributed by atoms with E-state index in [2.05, 4.69) is 10.6 Å². The van der Waals surface area contributed by atoms with E-state index in [1.54, 1.807) is 54.6 Å². The molecular weight excluding hydrogens is 376 g/mol.